The monoisotopic (exact) mass is 249 g/mol. The van der Waals surface area contributed by atoms with Crippen LogP contribution in [0, 0.1) is 11.2 Å². The highest BCUT2D eigenvalue weighted by Crippen LogP contribution is 2.47. The summed E-state index contributed by atoms with van der Waals surface area (Å²) < 4.78 is 13.4. The molecule has 0 bridgehead atoms. The van der Waals surface area contributed by atoms with E-state index in [-0.39, 0.29) is 17.3 Å². The van der Waals surface area contributed by atoms with Crippen molar-refractivity contribution in [1.29, 1.82) is 0 Å². The fourth-order valence-electron chi connectivity index (χ4n) is 3.21. The van der Waals surface area contributed by atoms with Crippen molar-refractivity contribution in [2.45, 2.75) is 52.0 Å². The van der Waals surface area contributed by atoms with E-state index >= 15 is 0 Å². The molecule has 2 heteroatoms. The molecule has 1 aliphatic carbocycles. The molecule has 0 radical (unpaired) electrons. The molecule has 1 N–H and O–H groups in total. The minimum Gasteiger partial charge on any atom is -0.309 e. The van der Waals surface area contributed by atoms with Crippen molar-refractivity contribution in [3.63, 3.8) is 0 Å². The number of hydrogen-bond acceptors (Lipinski definition) is 1. The number of rotatable bonds is 5. The average molecular weight is 249 g/mol. The molecule has 1 aromatic carbocycles. The Kier molecular flexibility index (Phi) is 4.39. The van der Waals surface area contributed by atoms with Crippen LogP contribution < -0.4 is 5.32 Å². The Morgan fingerprint density at radius 2 is 2.06 bits per heavy atom. The molecule has 1 fully saturated rings. The average Bonchev–Trinajstić information content (AvgIpc) is 2.77. The zero-order valence-electron chi connectivity index (χ0n) is 11.5. The van der Waals surface area contributed by atoms with Gasteiger partial charge in [-0.15, -0.1) is 0 Å². The topological polar surface area (TPSA) is 12.0 Å². The number of halogens is 1. The third kappa shape index (κ3) is 2.92. The highest BCUT2D eigenvalue weighted by atomic mass is 19.1. The van der Waals surface area contributed by atoms with Crippen molar-refractivity contribution in [2.24, 2.45) is 5.41 Å². The van der Waals surface area contributed by atoms with Gasteiger partial charge in [-0.25, -0.2) is 4.39 Å². The SMILES string of the molecule is CCCNC(c1cccc(F)c1)C1(C)CCCC1. The summed E-state index contributed by atoms with van der Waals surface area (Å²) in [6.45, 7) is 5.52. The Morgan fingerprint density at radius 3 is 2.67 bits per heavy atom. The zero-order valence-corrected chi connectivity index (χ0v) is 11.5. The van der Waals surface area contributed by atoms with Crippen LogP contribution in [0.3, 0.4) is 0 Å². The third-order valence-electron chi connectivity index (χ3n) is 4.22. The number of nitrogens with one attached hydrogen (secondary N) is 1. The molecule has 100 valence electrons. The van der Waals surface area contributed by atoms with Crippen LogP contribution in [0.2, 0.25) is 0 Å². The second-order valence-electron chi connectivity index (χ2n) is 5.80. The van der Waals surface area contributed by atoms with E-state index in [0.717, 1.165) is 18.5 Å². The van der Waals surface area contributed by atoms with Crippen molar-refractivity contribution < 1.29 is 4.39 Å². The Labute approximate surface area is 110 Å². The van der Waals surface area contributed by atoms with Crippen molar-refractivity contribution in [1.82, 2.24) is 5.32 Å². The lowest BCUT2D eigenvalue weighted by atomic mass is 9.77. The molecule has 1 saturated carbocycles. The van der Waals surface area contributed by atoms with Crippen molar-refractivity contribution in [2.75, 3.05) is 6.54 Å². The first-order valence-electron chi connectivity index (χ1n) is 7.14. The lowest BCUT2D eigenvalue weighted by Gasteiger charge is -2.35. The van der Waals surface area contributed by atoms with Gasteiger partial charge in [-0.2, -0.15) is 0 Å². The van der Waals surface area contributed by atoms with E-state index in [1.807, 2.05) is 6.07 Å². The van der Waals surface area contributed by atoms with Gasteiger partial charge in [0.25, 0.3) is 0 Å². The summed E-state index contributed by atoms with van der Waals surface area (Å²) in [6, 6.07) is 7.38. The fraction of sp³-hybridized carbons (Fsp3) is 0.625. The summed E-state index contributed by atoms with van der Waals surface area (Å²) in [5.41, 5.74) is 1.39. The van der Waals surface area contributed by atoms with E-state index in [1.54, 1.807) is 6.07 Å². The maximum atomic E-state index is 13.4. The highest BCUT2D eigenvalue weighted by Gasteiger charge is 2.37. The normalized spacial score (nSPS) is 19.9. The second-order valence-corrected chi connectivity index (χ2v) is 5.80. The lowest BCUT2D eigenvalue weighted by Crippen LogP contribution is -2.35. The quantitative estimate of drug-likeness (QED) is 0.813. The standard InChI is InChI=1S/C16H24FN/c1-3-11-18-15(16(2)9-4-5-10-16)13-7-6-8-14(17)12-13/h6-8,12,15,18H,3-5,9-11H2,1-2H3. The molecule has 1 atom stereocenters. The van der Waals surface area contributed by atoms with E-state index in [0.29, 0.717) is 0 Å². The van der Waals surface area contributed by atoms with Gasteiger partial charge in [0.1, 0.15) is 5.82 Å². The molecular weight excluding hydrogens is 225 g/mol. The van der Waals surface area contributed by atoms with E-state index < -0.39 is 0 Å². The molecule has 1 nitrogen and oxygen atoms in total. The minimum atomic E-state index is -0.127. The Bertz CT molecular complexity index is 382. The smallest absolute Gasteiger partial charge is 0.123 e. The maximum absolute atomic E-state index is 13.4. The van der Waals surface area contributed by atoms with Crippen LogP contribution in [0.25, 0.3) is 0 Å². The van der Waals surface area contributed by atoms with Crippen molar-refractivity contribution >= 4 is 0 Å². The third-order valence-corrected chi connectivity index (χ3v) is 4.22. The molecule has 1 unspecified atom stereocenters. The molecular formula is C16H24FN. The molecule has 0 aromatic heterocycles. The Balaban J connectivity index is 2.24. The summed E-state index contributed by atoms with van der Waals surface area (Å²) >= 11 is 0. The molecule has 0 saturated heterocycles. The zero-order chi connectivity index (χ0) is 13.0. The summed E-state index contributed by atoms with van der Waals surface area (Å²) in [4.78, 5) is 0. The maximum Gasteiger partial charge on any atom is 0.123 e. The van der Waals surface area contributed by atoms with Gasteiger partial charge in [-0.1, -0.05) is 38.8 Å². The van der Waals surface area contributed by atoms with Gasteiger partial charge in [0.05, 0.1) is 0 Å². The van der Waals surface area contributed by atoms with E-state index in [4.69, 9.17) is 0 Å². The Hall–Kier alpha value is -0.890. The molecule has 1 aliphatic rings. The molecule has 18 heavy (non-hydrogen) atoms. The molecule has 0 amide bonds. The predicted octanol–water partition coefficient (Wildman–Crippen LogP) is 4.45. The minimum absolute atomic E-state index is 0.127. The molecule has 0 aliphatic heterocycles. The van der Waals surface area contributed by atoms with Gasteiger partial charge >= 0.3 is 0 Å². The first kappa shape index (κ1) is 13.5. The Morgan fingerprint density at radius 1 is 1.33 bits per heavy atom. The van der Waals surface area contributed by atoms with Gasteiger partial charge in [0, 0.05) is 6.04 Å². The van der Waals surface area contributed by atoms with E-state index in [1.165, 1.54) is 31.7 Å². The van der Waals surface area contributed by atoms with Crippen LogP contribution in [0.1, 0.15) is 57.6 Å². The van der Waals surface area contributed by atoms with Gasteiger partial charge < -0.3 is 5.32 Å². The fourth-order valence-corrected chi connectivity index (χ4v) is 3.21. The summed E-state index contributed by atoms with van der Waals surface area (Å²) in [5, 5.41) is 3.63. The van der Waals surface area contributed by atoms with Crippen LogP contribution >= 0.6 is 0 Å². The molecule has 0 spiro atoms. The lowest BCUT2D eigenvalue weighted by molar-refractivity contribution is 0.223. The van der Waals surface area contributed by atoms with Crippen molar-refractivity contribution in [3.8, 4) is 0 Å². The summed E-state index contributed by atoms with van der Waals surface area (Å²) in [5.74, 6) is -0.127. The number of hydrogen-bond donors (Lipinski definition) is 1. The predicted molar refractivity (Wildman–Crippen MR) is 74.0 cm³/mol. The van der Waals surface area contributed by atoms with Gasteiger partial charge in [0.2, 0.25) is 0 Å². The van der Waals surface area contributed by atoms with Gasteiger partial charge in [-0.3, -0.25) is 0 Å². The van der Waals surface area contributed by atoms with Gasteiger partial charge in [0.15, 0.2) is 0 Å². The van der Waals surface area contributed by atoms with Crippen LogP contribution in [0.5, 0.6) is 0 Å². The molecule has 1 aromatic rings. The first-order valence-corrected chi connectivity index (χ1v) is 7.14. The van der Waals surface area contributed by atoms with Crippen molar-refractivity contribution in [3.05, 3.63) is 35.6 Å². The second kappa shape index (κ2) is 5.83. The van der Waals surface area contributed by atoms with Gasteiger partial charge in [-0.05, 0) is 48.9 Å². The van der Waals surface area contributed by atoms with Crippen LogP contribution in [-0.2, 0) is 0 Å². The number of benzene rings is 1. The van der Waals surface area contributed by atoms with Crippen LogP contribution in [0.15, 0.2) is 24.3 Å². The van der Waals surface area contributed by atoms with E-state index in [9.17, 15) is 4.39 Å². The highest BCUT2D eigenvalue weighted by molar-refractivity contribution is 5.23. The van der Waals surface area contributed by atoms with E-state index in [2.05, 4.69) is 25.2 Å². The summed E-state index contributed by atoms with van der Waals surface area (Å²) in [6.07, 6.45) is 6.20. The largest absolute Gasteiger partial charge is 0.309 e. The first-order chi connectivity index (χ1) is 8.65. The summed E-state index contributed by atoms with van der Waals surface area (Å²) in [7, 11) is 0. The van der Waals surface area contributed by atoms with Crippen LogP contribution in [0.4, 0.5) is 4.39 Å². The van der Waals surface area contributed by atoms with Crippen LogP contribution in [-0.4, -0.2) is 6.54 Å². The molecule has 0 heterocycles. The molecule has 2 rings (SSSR count).